The number of hydrogen-bond donors (Lipinski definition) is 0. The molecular formula is C20H24N4O2. The molecule has 1 atom stereocenters. The molecule has 6 nitrogen and oxygen atoms in total. The molecule has 2 aromatic rings. The standard InChI is InChI=1S/C20H24N4O2/c1-14-11-18-17(19(25)12-14)13-21-20(22-18)24-9-7-23(8-10-24)15-3-5-16(26-2)6-4-15/h3-6,13-14H,7-12H2,1-2H3/t14-/m0/s1. The largest absolute Gasteiger partial charge is 0.497 e. The van der Waals surface area contributed by atoms with E-state index < -0.39 is 0 Å². The van der Waals surface area contributed by atoms with E-state index >= 15 is 0 Å². The zero-order chi connectivity index (χ0) is 18.1. The Bertz CT molecular complexity index is 798. The minimum atomic E-state index is 0.176. The number of nitrogens with zero attached hydrogens (tertiary/aromatic N) is 4. The zero-order valence-corrected chi connectivity index (χ0v) is 15.3. The second-order valence-corrected chi connectivity index (χ2v) is 7.14. The lowest BCUT2D eigenvalue weighted by molar-refractivity contribution is 0.0951. The number of benzene rings is 1. The maximum absolute atomic E-state index is 12.1. The molecule has 0 spiro atoms. The van der Waals surface area contributed by atoms with E-state index in [1.54, 1.807) is 13.3 Å². The molecule has 0 bridgehead atoms. The molecule has 0 unspecified atom stereocenters. The number of fused-ring (bicyclic) bond motifs is 1. The monoisotopic (exact) mass is 352 g/mol. The SMILES string of the molecule is COc1ccc(N2CCN(c3ncc4c(n3)C[C@H](C)CC4=O)CC2)cc1. The third kappa shape index (κ3) is 3.23. The summed E-state index contributed by atoms with van der Waals surface area (Å²) in [6, 6.07) is 8.17. The van der Waals surface area contributed by atoms with E-state index in [2.05, 4.69) is 33.8 Å². The molecule has 0 saturated carbocycles. The number of ether oxygens (including phenoxy) is 1. The van der Waals surface area contributed by atoms with Crippen molar-refractivity contribution in [3.8, 4) is 5.75 Å². The normalized spacial score (nSPS) is 20.1. The minimum absolute atomic E-state index is 0.176. The first-order valence-electron chi connectivity index (χ1n) is 9.17. The van der Waals surface area contributed by atoms with Gasteiger partial charge in [-0.25, -0.2) is 9.97 Å². The lowest BCUT2D eigenvalue weighted by atomic mass is 9.88. The Labute approximate surface area is 153 Å². The van der Waals surface area contributed by atoms with E-state index in [9.17, 15) is 4.79 Å². The Morgan fingerprint density at radius 2 is 1.73 bits per heavy atom. The van der Waals surface area contributed by atoms with Crippen molar-refractivity contribution in [3.05, 3.63) is 41.7 Å². The fraction of sp³-hybridized carbons (Fsp3) is 0.450. The van der Waals surface area contributed by atoms with Crippen molar-refractivity contribution in [1.82, 2.24) is 9.97 Å². The molecular weight excluding hydrogens is 328 g/mol. The molecule has 1 fully saturated rings. The molecule has 136 valence electrons. The van der Waals surface area contributed by atoms with Crippen LogP contribution in [0.2, 0.25) is 0 Å². The highest BCUT2D eigenvalue weighted by Crippen LogP contribution is 2.26. The maximum atomic E-state index is 12.1. The molecule has 2 heterocycles. The number of aromatic nitrogens is 2. The lowest BCUT2D eigenvalue weighted by Crippen LogP contribution is -2.47. The van der Waals surface area contributed by atoms with Crippen molar-refractivity contribution in [2.24, 2.45) is 5.92 Å². The number of rotatable bonds is 3. The highest BCUT2D eigenvalue weighted by Gasteiger charge is 2.26. The Hall–Kier alpha value is -2.63. The van der Waals surface area contributed by atoms with Gasteiger partial charge in [0.1, 0.15) is 5.75 Å². The number of anilines is 2. The Balaban J connectivity index is 1.44. The molecule has 1 saturated heterocycles. The number of carbonyl (C=O) groups is 1. The van der Waals surface area contributed by atoms with E-state index in [4.69, 9.17) is 9.72 Å². The third-order valence-electron chi connectivity index (χ3n) is 5.23. The quantitative estimate of drug-likeness (QED) is 0.846. The van der Waals surface area contributed by atoms with Crippen molar-refractivity contribution in [2.75, 3.05) is 43.1 Å². The summed E-state index contributed by atoms with van der Waals surface area (Å²) in [5.74, 6) is 2.16. The molecule has 26 heavy (non-hydrogen) atoms. The van der Waals surface area contributed by atoms with Crippen LogP contribution >= 0.6 is 0 Å². The molecule has 4 rings (SSSR count). The number of carbonyl (C=O) groups excluding carboxylic acids is 1. The number of ketones is 1. The molecule has 2 aliphatic rings. The van der Waals surface area contributed by atoms with Crippen LogP contribution in [-0.4, -0.2) is 49.0 Å². The van der Waals surface area contributed by atoms with Crippen LogP contribution in [-0.2, 0) is 6.42 Å². The summed E-state index contributed by atoms with van der Waals surface area (Å²) < 4.78 is 5.22. The van der Waals surface area contributed by atoms with Crippen LogP contribution in [0.1, 0.15) is 29.4 Å². The van der Waals surface area contributed by atoms with Crippen molar-refractivity contribution in [1.29, 1.82) is 0 Å². The van der Waals surface area contributed by atoms with Gasteiger partial charge in [-0.15, -0.1) is 0 Å². The maximum Gasteiger partial charge on any atom is 0.225 e. The lowest BCUT2D eigenvalue weighted by Gasteiger charge is -2.36. The van der Waals surface area contributed by atoms with Crippen LogP contribution in [0.3, 0.4) is 0 Å². The summed E-state index contributed by atoms with van der Waals surface area (Å²) in [7, 11) is 1.68. The smallest absolute Gasteiger partial charge is 0.225 e. The first-order valence-corrected chi connectivity index (χ1v) is 9.17. The summed E-state index contributed by atoms with van der Waals surface area (Å²) in [4.78, 5) is 25.9. The van der Waals surface area contributed by atoms with E-state index in [1.165, 1.54) is 5.69 Å². The van der Waals surface area contributed by atoms with Gasteiger partial charge in [-0.2, -0.15) is 0 Å². The molecule has 0 N–H and O–H groups in total. The van der Waals surface area contributed by atoms with E-state index in [1.807, 2.05) is 12.1 Å². The van der Waals surface area contributed by atoms with Crippen LogP contribution in [0, 0.1) is 5.92 Å². The summed E-state index contributed by atoms with van der Waals surface area (Å²) in [5.41, 5.74) is 2.83. The van der Waals surface area contributed by atoms with Gasteiger partial charge in [0.05, 0.1) is 18.4 Å². The number of methoxy groups -OCH3 is 1. The average molecular weight is 352 g/mol. The van der Waals surface area contributed by atoms with Crippen molar-refractivity contribution in [2.45, 2.75) is 19.8 Å². The third-order valence-corrected chi connectivity index (χ3v) is 5.23. The van der Waals surface area contributed by atoms with Gasteiger partial charge < -0.3 is 14.5 Å². The van der Waals surface area contributed by atoms with E-state index in [-0.39, 0.29) is 5.78 Å². The van der Waals surface area contributed by atoms with E-state index in [0.717, 1.165) is 50.0 Å². The first-order chi connectivity index (χ1) is 12.6. The van der Waals surface area contributed by atoms with Gasteiger partial charge in [0.2, 0.25) is 5.95 Å². The van der Waals surface area contributed by atoms with Gasteiger partial charge in [-0.3, -0.25) is 4.79 Å². The predicted octanol–water partition coefficient (Wildman–Crippen LogP) is 2.58. The number of piperazine rings is 1. The fourth-order valence-electron chi connectivity index (χ4n) is 3.73. The zero-order valence-electron chi connectivity index (χ0n) is 15.3. The minimum Gasteiger partial charge on any atom is -0.497 e. The number of Topliss-reactive ketones (excluding diaryl/α,β-unsaturated/α-hetero) is 1. The summed E-state index contributed by atoms with van der Waals surface area (Å²) in [5, 5.41) is 0. The van der Waals surface area contributed by atoms with Gasteiger partial charge in [0.15, 0.2) is 5.78 Å². The Kier molecular flexibility index (Phi) is 4.49. The summed E-state index contributed by atoms with van der Waals surface area (Å²) >= 11 is 0. The molecule has 1 aliphatic carbocycles. The second-order valence-electron chi connectivity index (χ2n) is 7.14. The van der Waals surface area contributed by atoms with Crippen LogP contribution in [0.4, 0.5) is 11.6 Å². The van der Waals surface area contributed by atoms with Gasteiger partial charge in [-0.1, -0.05) is 6.92 Å². The average Bonchev–Trinajstić information content (AvgIpc) is 2.67. The molecule has 1 aliphatic heterocycles. The first kappa shape index (κ1) is 16.8. The highest BCUT2D eigenvalue weighted by atomic mass is 16.5. The van der Waals surface area contributed by atoms with Gasteiger partial charge in [0.25, 0.3) is 0 Å². The van der Waals surface area contributed by atoms with Gasteiger partial charge in [0, 0.05) is 44.5 Å². The molecule has 0 radical (unpaired) electrons. The summed E-state index contributed by atoms with van der Waals surface area (Å²) in [6.07, 6.45) is 3.19. The fourth-order valence-corrected chi connectivity index (χ4v) is 3.73. The Morgan fingerprint density at radius 3 is 2.42 bits per heavy atom. The summed E-state index contributed by atoms with van der Waals surface area (Å²) in [6.45, 7) is 5.68. The molecule has 0 amide bonds. The van der Waals surface area contributed by atoms with Gasteiger partial charge >= 0.3 is 0 Å². The van der Waals surface area contributed by atoms with E-state index in [0.29, 0.717) is 17.9 Å². The highest BCUT2D eigenvalue weighted by molar-refractivity contribution is 5.98. The van der Waals surface area contributed by atoms with Crippen LogP contribution in [0.25, 0.3) is 0 Å². The molecule has 1 aromatic carbocycles. The predicted molar refractivity (Wildman–Crippen MR) is 101 cm³/mol. The van der Waals surface area contributed by atoms with Crippen LogP contribution in [0.15, 0.2) is 30.5 Å². The van der Waals surface area contributed by atoms with Gasteiger partial charge in [-0.05, 0) is 36.6 Å². The van der Waals surface area contributed by atoms with Crippen molar-refractivity contribution < 1.29 is 9.53 Å². The molecule has 1 aromatic heterocycles. The van der Waals surface area contributed by atoms with Crippen molar-refractivity contribution >= 4 is 17.4 Å². The van der Waals surface area contributed by atoms with Crippen LogP contribution in [0.5, 0.6) is 5.75 Å². The van der Waals surface area contributed by atoms with Crippen LogP contribution < -0.4 is 14.5 Å². The molecule has 6 heteroatoms. The van der Waals surface area contributed by atoms with Crippen molar-refractivity contribution in [3.63, 3.8) is 0 Å². The Morgan fingerprint density at radius 1 is 1.04 bits per heavy atom. The topological polar surface area (TPSA) is 58.6 Å². The number of hydrogen-bond acceptors (Lipinski definition) is 6. The second kappa shape index (κ2) is 6.94.